The van der Waals surface area contributed by atoms with Crippen LogP contribution in [0.4, 0.5) is 18.9 Å². The highest BCUT2D eigenvalue weighted by Crippen LogP contribution is 2.24. The number of carbonyl (C=O) groups is 2. The van der Waals surface area contributed by atoms with Gasteiger partial charge in [-0.05, 0) is 19.1 Å². The summed E-state index contributed by atoms with van der Waals surface area (Å²) in [6.45, 7) is 4.48. The van der Waals surface area contributed by atoms with E-state index >= 15 is 0 Å². The number of rotatable bonds is 5. The van der Waals surface area contributed by atoms with Gasteiger partial charge >= 0.3 is 12.1 Å². The molecule has 1 amide bonds. The first-order valence-corrected chi connectivity index (χ1v) is 11.2. The number of halogens is 3. The normalized spacial score (nSPS) is 16.2. The Hall–Kier alpha value is -3.42. The van der Waals surface area contributed by atoms with Crippen molar-refractivity contribution in [3.8, 4) is 0 Å². The lowest BCUT2D eigenvalue weighted by Crippen LogP contribution is -2.53. The molecule has 0 aliphatic carbocycles. The molecule has 0 aromatic carbocycles. The van der Waals surface area contributed by atoms with Crippen LogP contribution < -0.4 is 4.90 Å². The number of pyridine rings is 1. The molecule has 34 heavy (non-hydrogen) atoms. The lowest BCUT2D eigenvalue weighted by Gasteiger charge is -2.41. The zero-order valence-electron chi connectivity index (χ0n) is 18.1. The van der Waals surface area contributed by atoms with Crippen LogP contribution in [0.5, 0.6) is 0 Å². The van der Waals surface area contributed by atoms with Gasteiger partial charge in [-0.15, -0.1) is 11.8 Å². The first kappa shape index (κ1) is 25.2. The number of anilines is 1. The van der Waals surface area contributed by atoms with E-state index in [0.717, 1.165) is 35.9 Å². The summed E-state index contributed by atoms with van der Waals surface area (Å²) in [6, 6.07) is 4.31. The van der Waals surface area contributed by atoms with Crippen molar-refractivity contribution in [2.75, 3.05) is 30.3 Å². The second-order valence-electron chi connectivity index (χ2n) is 7.27. The number of nitrogens with zero attached hydrogens (tertiary/aromatic N) is 6. The van der Waals surface area contributed by atoms with Crippen molar-refractivity contribution < 1.29 is 27.9 Å². The Morgan fingerprint density at radius 1 is 1.21 bits per heavy atom. The van der Waals surface area contributed by atoms with E-state index in [1.165, 1.54) is 6.33 Å². The van der Waals surface area contributed by atoms with Crippen LogP contribution in [0.3, 0.4) is 0 Å². The monoisotopic (exact) mass is 497 g/mol. The van der Waals surface area contributed by atoms with Crippen LogP contribution in [0, 0.1) is 0 Å². The molecule has 10 nitrogen and oxygen atoms in total. The van der Waals surface area contributed by atoms with Crippen LogP contribution in [-0.2, 0) is 9.59 Å². The Labute approximate surface area is 196 Å². The van der Waals surface area contributed by atoms with Gasteiger partial charge in [-0.3, -0.25) is 9.78 Å². The molecule has 1 aliphatic rings. The van der Waals surface area contributed by atoms with Gasteiger partial charge in [0.2, 0.25) is 5.91 Å². The Kier molecular flexibility index (Phi) is 8.26. The van der Waals surface area contributed by atoms with Crippen molar-refractivity contribution in [2.24, 2.45) is 0 Å². The molecule has 4 rings (SSSR count). The third-order valence-electron chi connectivity index (χ3n) is 4.96. The second-order valence-corrected chi connectivity index (χ2v) is 8.35. The van der Waals surface area contributed by atoms with Gasteiger partial charge in [0.25, 0.3) is 0 Å². The number of carboxylic acid groups (broad SMARTS) is 1. The van der Waals surface area contributed by atoms with E-state index < -0.39 is 12.1 Å². The topological polar surface area (TPSA) is 128 Å². The van der Waals surface area contributed by atoms with E-state index in [0.29, 0.717) is 17.8 Å². The van der Waals surface area contributed by atoms with Crippen LogP contribution >= 0.6 is 11.8 Å². The van der Waals surface area contributed by atoms with Gasteiger partial charge in [0, 0.05) is 55.9 Å². The molecule has 1 unspecified atom stereocenters. The highest BCUT2D eigenvalue weighted by molar-refractivity contribution is 7.99. The first-order chi connectivity index (χ1) is 16.2. The number of carbonyl (C=O) groups excluding carboxylic acids is 1. The fourth-order valence-corrected chi connectivity index (χ4v) is 4.23. The number of imidazole rings is 1. The molecule has 0 radical (unpaired) electrons. The van der Waals surface area contributed by atoms with Crippen molar-refractivity contribution in [3.05, 3.63) is 37.2 Å². The van der Waals surface area contributed by atoms with Crippen molar-refractivity contribution in [2.45, 2.75) is 30.6 Å². The Morgan fingerprint density at radius 2 is 1.91 bits per heavy atom. The number of hydrogen-bond donors (Lipinski definition) is 2. The summed E-state index contributed by atoms with van der Waals surface area (Å²) in [4.78, 5) is 45.5. The van der Waals surface area contributed by atoms with Gasteiger partial charge in [-0.1, -0.05) is 0 Å². The number of H-pyrrole nitrogens is 1. The zero-order chi connectivity index (χ0) is 24.7. The molecule has 14 heteroatoms. The molecule has 0 bridgehead atoms. The fraction of sp³-hybridized carbons (Fsp3) is 0.400. The third kappa shape index (κ3) is 6.56. The Morgan fingerprint density at radius 3 is 2.56 bits per heavy atom. The number of alkyl halides is 3. The van der Waals surface area contributed by atoms with E-state index in [2.05, 4.69) is 36.7 Å². The minimum Gasteiger partial charge on any atom is -0.475 e. The number of aromatic nitrogens is 5. The Bertz CT molecular complexity index is 1110. The summed E-state index contributed by atoms with van der Waals surface area (Å²) in [5.41, 5.74) is 2.64. The molecule has 2 N–H and O–H groups in total. The highest BCUT2D eigenvalue weighted by atomic mass is 32.2. The molecule has 182 valence electrons. The maximum Gasteiger partial charge on any atom is 0.490 e. The molecule has 1 atom stereocenters. The minimum absolute atomic E-state index is 0.193. The quantitative estimate of drug-likeness (QED) is 0.404. The molecule has 1 saturated heterocycles. The van der Waals surface area contributed by atoms with Crippen molar-refractivity contribution in [1.82, 2.24) is 29.8 Å². The molecule has 0 saturated carbocycles. The van der Waals surface area contributed by atoms with E-state index in [4.69, 9.17) is 9.90 Å². The summed E-state index contributed by atoms with van der Waals surface area (Å²) in [6.07, 6.45) is 2.14. The molecule has 1 fully saturated rings. The smallest absolute Gasteiger partial charge is 0.475 e. The summed E-state index contributed by atoms with van der Waals surface area (Å²) < 4.78 is 31.7. The van der Waals surface area contributed by atoms with Gasteiger partial charge in [0.1, 0.15) is 16.9 Å². The lowest BCUT2D eigenvalue weighted by atomic mass is 10.1. The average molecular weight is 498 g/mol. The predicted octanol–water partition coefficient (Wildman–Crippen LogP) is 2.60. The molecule has 4 heterocycles. The van der Waals surface area contributed by atoms with Crippen LogP contribution in [0.15, 0.2) is 42.2 Å². The summed E-state index contributed by atoms with van der Waals surface area (Å²) in [5, 5.41) is 7.96. The van der Waals surface area contributed by atoms with E-state index in [1.807, 2.05) is 17.0 Å². The number of hydrogen-bond acceptors (Lipinski definition) is 8. The SMILES string of the molecule is CC1CN(C(=O)CCSc2ncnc3nc[nH]c23)CCN1c1ccncc1.O=C(O)C(F)(F)F. The average Bonchev–Trinajstić information content (AvgIpc) is 3.29. The van der Waals surface area contributed by atoms with Crippen LogP contribution in [0.25, 0.3) is 11.2 Å². The molecular weight excluding hydrogens is 475 g/mol. The number of fused-ring (bicyclic) bond motifs is 1. The molecule has 3 aromatic rings. The number of aromatic amines is 1. The van der Waals surface area contributed by atoms with Gasteiger partial charge < -0.3 is 19.9 Å². The van der Waals surface area contributed by atoms with Crippen LogP contribution in [0.1, 0.15) is 13.3 Å². The van der Waals surface area contributed by atoms with E-state index in [9.17, 15) is 18.0 Å². The number of piperazine rings is 1. The first-order valence-electron chi connectivity index (χ1n) is 10.2. The largest absolute Gasteiger partial charge is 0.490 e. The van der Waals surface area contributed by atoms with E-state index in [1.54, 1.807) is 30.5 Å². The molecule has 3 aromatic heterocycles. The Balaban J connectivity index is 0.000000406. The number of nitrogens with one attached hydrogen (secondary N) is 1. The maximum absolute atomic E-state index is 12.6. The standard InChI is InChI=1S/C18H21N7OS.C2HF3O2/c1-13-10-24(7-8-25(13)14-2-5-19-6-3-14)15(26)4-9-27-18-16-17(21-11-20-16)22-12-23-18;3-2(4,5)1(6)7/h2-3,5-6,11-13H,4,7-10H2,1H3,(H,20,21,22,23);(H,6,7). The lowest BCUT2D eigenvalue weighted by molar-refractivity contribution is -0.192. The van der Waals surface area contributed by atoms with Crippen molar-refractivity contribution >= 4 is 40.5 Å². The van der Waals surface area contributed by atoms with Gasteiger partial charge in [0.05, 0.1) is 6.33 Å². The molecular formula is C20H22F3N7O3S. The van der Waals surface area contributed by atoms with Crippen LogP contribution in [-0.4, -0.2) is 84.4 Å². The fourth-order valence-electron chi connectivity index (χ4n) is 3.35. The van der Waals surface area contributed by atoms with Gasteiger partial charge in [0.15, 0.2) is 5.65 Å². The van der Waals surface area contributed by atoms with Crippen molar-refractivity contribution in [1.29, 1.82) is 0 Å². The van der Waals surface area contributed by atoms with Crippen LogP contribution in [0.2, 0.25) is 0 Å². The summed E-state index contributed by atoms with van der Waals surface area (Å²) >= 11 is 1.56. The third-order valence-corrected chi connectivity index (χ3v) is 5.95. The highest BCUT2D eigenvalue weighted by Gasteiger charge is 2.38. The minimum atomic E-state index is -5.08. The molecule has 1 aliphatic heterocycles. The van der Waals surface area contributed by atoms with Gasteiger partial charge in [-0.25, -0.2) is 19.7 Å². The number of carboxylic acids is 1. The summed E-state index contributed by atoms with van der Waals surface area (Å²) in [7, 11) is 0. The van der Waals surface area contributed by atoms with E-state index in [-0.39, 0.29) is 11.9 Å². The van der Waals surface area contributed by atoms with Gasteiger partial charge in [-0.2, -0.15) is 13.2 Å². The second kappa shape index (κ2) is 11.1. The van der Waals surface area contributed by atoms with Crippen molar-refractivity contribution in [3.63, 3.8) is 0 Å². The predicted molar refractivity (Wildman–Crippen MR) is 118 cm³/mol. The number of aliphatic carboxylic acids is 1. The molecule has 0 spiro atoms. The summed E-state index contributed by atoms with van der Waals surface area (Å²) in [5.74, 6) is -1.88. The number of thioether (sulfide) groups is 1. The maximum atomic E-state index is 12.6. The number of amides is 1. The zero-order valence-corrected chi connectivity index (χ0v) is 18.9.